The van der Waals surface area contributed by atoms with Gasteiger partial charge in [-0.15, -0.1) is 0 Å². The number of thiocarbonyl (C=S) groups is 2. The van der Waals surface area contributed by atoms with Crippen LogP contribution in [0.15, 0.2) is 0 Å². The van der Waals surface area contributed by atoms with E-state index in [4.69, 9.17) is 49.7 Å². The fourth-order valence-corrected chi connectivity index (χ4v) is 7.31. The van der Waals surface area contributed by atoms with Gasteiger partial charge in [-0.1, -0.05) is 156 Å². The lowest BCUT2D eigenvalue weighted by molar-refractivity contribution is -1.02. The molecule has 0 aromatic rings. The van der Waals surface area contributed by atoms with Gasteiger partial charge in [0.05, 0.1) is 26.2 Å². The van der Waals surface area contributed by atoms with Gasteiger partial charge < -0.3 is 0 Å². The van der Waals surface area contributed by atoms with Crippen molar-refractivity contribution in [2.75, 3.05) is 32.8 Å². The first-order valence-electron chi connectivity index (χ1n) is 18.0. The van der Waals surface area contributed by atoms with Crippen molar-refractivity contribution in [3.63, 3.8) is 0 Å². The van der Waals surface area contributed by atoms with E-state index in [1.807, 2.05) is 0 Å². The highest BCUT2D eigenvalue weighted by Gasteiger charge is 2.43. The Bertz CT molecular complexity index is 541. The lowest BCUT2D eigenvalue weighted by Crippen LogP contribution is -2.66. The molecule has 0 aromatic heterocycles. The van der Waals surface area contributed by atoms with E-state index < -0.39 is 0 Å². The lowest BCUT2D eigenvalue weighted by atomic mass is 10.1. The summed E-state index contributed by atoms with van der Waals surface area (Å²) in [6.07, 6.45) is 31.5. The summed E-state index contributed by atoms with van der Waals surface area (Å²) in [5.41, 5.74) is 0. The molecule has 0 aliphatic rings. The van der Waals surface area contributed by atoms with Crippen LogP contribution in [-0.2, 0) is 0 Å². The molecule has 244 valence electrons. The first kappa shape index (κ1) is 41.8. The van der Waals surface area contributed by atoms with Crippen LogP contribution < -0.4 is 0 Å². The molecule has 0 bridgehead atoms. The fourth-order valence-electron chi connectivity index (χ4n) is 6.31. The highest BCUT2D eigenvalue weighted by Crippen LogP contribution is 2.27. The largest absolute Gasteiger partial charge is 0.235 e. The molecule has 0 unspecified atom stereocenters. The van der Waals surface area contributed by atoms with E-state index in [2.05, 4.69) is 27.7 Å². The van der Waals surface area contributed by atoms with E-state index in [1.165, 1.54) is 154 Å². The molecule has 0 saturated heterocycles. The maximum Gasteiger partial charge on any atom is 0.235 e. The third kappa shape index (κ3) is 20.5. The number of quaternary nitrogens is 2. The van der Waals surface area contributed by atoms with Crippen LogP contribution in [0.2, 0.25) is 0 Å². The van der Waals surface area contributed by atoms with E-state index in [1.54, 1.807) is 0 Å². The highest BCUT2D eigenvalue weighted by molar-refractivity contribution is 8.10. The van der Waals surface area contributed by atoms with Crippen LogP contribution in [0.1, 0.15) is 182 Å². The van der Waals surface area contributed by atoms with Crippen molar-refractivity contribution < 1.29 is 8.97 Å². The van der Waals surface area contributed by atoms with Gasteiger partial charge in [-0.2, -0.15) is 0 Å². The van der Waals surface area contributed by atoms with E-state index in [9.17, 15) is 0 Å². The van der Waals surface area contributed by atoms with Crippen LogP contribution in [-0.4, -0.2) is 50.5 Å². The molecule has 0 spiro atoms. The quantitative estimate of drug-likeness (QED) is 0.0261. The fraction of sp³-hybridized carbons (Fsp3) is 0.943. The monoisotopic (exact) mass is 648 g/mol. The van der Waals surface area contributed by atoms with Gasteiger partial charge in [0.1, 0.15) is 0 Å². The number of hydrogen-bond acceptors (Lipinski definition) is 2. The predicted molar refractivity (Wildman–Crippen MR) is 202 cm³/mol. The number of rotatable bonds is 30. The van der Waals surface area contributed by atoms with Crippen molar-refractivity contribution in [1.29, 1.82) is 0 Å². The third-order valence-electron chi connectivity index (χ3n) is 9.11. The zero-order valence-electron chi connectivity index (χ0n) is 28.1. The first-order valence-corrected chi connectivity index (χ1v) is 19.7. The van der Waals surface area contributed by atoms with Crippen LogP contribution in [0.3, 0.4) is 0 Å². The third-order valence-corrected chi connectivity index (χ3v) is 10.7. The summed E-state index contributed by atoms with van der Waals surface area (Å²) in [5.74, 6) is 0. The molecule has 0 radical (unpaired) electrons. The normalized spacial score (nSPS) is 12.2. The zero-order chi connectivity index (χ0) is 30.7. The summed E-state index contributed by atoms with van der Waals surface area (Å²) in [7, 11) is 0. The lowest BCUT2D eigenvalue weighted by Gasteiger charge is -2.45. The number of hydrogen-bond donors (Lipinski definition) is 2. The summed E-state index contributed by atoms with van der Waals surface area (Å²) in [6.45, 7) is 14.6. The molecule has 0 saturated carbocycles. The van der Waals surface area contributed by atoms with Crippen LogP contribution in [0, 0.1) is 0 Å². The van der Waals surface area contributed by atoms with E-state index in [0.717, 1.165) is 50.5 Å². The minimum Gasteiger partial charge on any atom is -0.230 e. The Morgan fingerprint density at radius 3 is 0.756 bits per heavy atom. The van der Waals surface area contributed by atoms with Crippen molar-refractivity contribution in [3.8, 4) is 0 Å². The number of unbranched alkanes of at least 4 members (excludes halogenated alkanes) is 20. The first-order chi connectivity index (χ1) is 19.8. The molecule has 0 heterocycles. The second-order valence-corrected chi connectivity index (χ2v) is 15.2. The summed E-state index contributed by atoms with van der Waals surface area (Å²) in [6, 6.07) is 0. The van der Waals surface area contributed by atoms with Gasteiger partial charge in [-0.3, -0.25) is 0 Å². The molecular weight excluding hydrogens is 577 g/mol. The van der Waals surface area contributed by atoms with Gasteiger partial charge >= 0.3 is 0 Å². The van der Waals surface area contributed by atoms with Gasteiger partial charge in [0, 0.05) is 0 Å². The van der Waals surface area contributed by atoms with Gasteiger partial charge in [0.25, 0.3) is 0 Å². The van der Waals surface area contributed by atoms with E-state index in [0.29, 0.717) is 0 Å². The molecule has 0 amide bonds. The average Bonchev–Trinajstić information content (AvgIpc) is 2.95. The average molecular weight is 649 g/mol. The molecule has 0 aromatic carbocycles. The maximum absolute atomic E-state index is 6.05. The molecule has 0 N–H and O–H groups in total. The van der Waals surface area contributed by atoms with Crippen molar-refractivity contribution in [3.05, 3.63) is 0 Å². The molecule has 0 rings (SSSR count). The van der Waals surface area contributed by atoms with Crippen LogP contribution in [0.4, 0.5) is 0 Å². The molecule has 2 nitrogen and oxygen atoms in total. The molecule has 0 aliphatic carbocycles. The van der Waals surface area contributed by atoms with Gasteiger partial charge in [0.15, 0.2) is 0 Å². The standard InChI is InChI=1S/C35H70N2S4/c1-5-9-13-17-21-25-29-36(34(38)39,30-26-22-18-14-10-6-2)33-37(35(40)41,31-27-23-19-15-11-7-3)32-28-24-20-16-12-8-4/h5-33H2,1-4H3/p+2. The smallest absolute Gasteiger partial charge is 0.230 e. The maximum atomic E-state index is 6.05. The molecular formula is C35H72N2S4+2. The Morgan fingerprint density at radius 1 is 0.366 bits per heavy atom. The number of thiol groups is 2. The Hall–Kier alpha value is 0.800. The summed E-state index contributed by atoms with van der Waals surface area (Å²) in [5, 5.41) is 0. The Labute approximate surface area is 280 Å². The minimum atomic E-state index is 0.840. The highest BCUT2D eigenvalue weighted by atomic mass is 32.1. The van der Waals surface area contributed by atoms with Gasteiger partial charge in [-0.25, -0.2) is 8.97 Å². The Balaban J connectivity index is 5.81. The van der Waals surface area contributed by atoms with Crippen molar-refractivity contribution in [2.24, 2.45) is 0 Å². The minimum absolute atomic E-state index is 0.840. The second-order valence-electron chi connectivity index (χ2n) is 13.0. The summed E-state index contributed by atoms with van der Waals surface area (Å²) < 4.78 is 3.44. The molecule has 0 fully saturated rings. The molecule has 41 heavy (non-hydrogen) atoms. The topological polar surface area (TPSA) is 0 Å². The summed E-state index contributed by atoms with van der Waals surface area (Å²) >= 11 is 22.1. The van der Waals surface area contributed by atoms with E-state index >= 15 is 0 Å². The second kappa shape index (κ2) is 28.3. The van der Waals surface area contributed by atoms with Crippen molar-refractivity contribution in [1.82, 2.24) is 0 Å². The van der Waals surface area contributed by atoms with Gasteiger partial charge in [0.2, 0.25) is 15.3 Å². The van der Waals surface area contributed by atoms with Gasteiger partial charge in [-0.05, 0) is 75.8 Å². The molecule has 0 aliphatic heterocycles. The van der Waals surface area contributed by atoms with Crippen LogP contribution in [0.25, 0.3) is 0 Å². The molecule has 0 atom stereocenters. The molecule has 6 heteroatoms. The Kier molecular flexibility index (Phi) is 28.8. The van der Waals surface area contributed by atoms with Crippen molar-refractivity contribution >= 4 is 58.3 Å². The Morgan fingerprint density at radius 2 is 0.561 bits per heavy atom. The van der Waals surface area contributed by atoms with Crippen LogP contribution in [0.5, 0.6) is 0 Å². The van der Waals surface area contributed by atoms with Crippen molar-refractivity contribution in [2.45, 2.75) is 182 Å². The zero-order valence-corrected chi connectivity index (χ0v) is 31.5. The summed E-state index contributed by atoms with van der Waals surface area (Å²) in [4.78, 5) is 0. The number of nitrogens with zero attached hydrogens (tertiary/aromatic N) is 2. The van der Waals surface area contributed by atoms with Crippen LogP contribution >= 0.6 is 49.7 Å². The van der Waals surface area contributed by atoms with E-state index in [-0.39, 0.29) is 0 Å². The SMILES string of the molecule is CCCCCCCC[N+](CCCCCCCC)(C[N+](CCCCCCCC)(CCCCCCCC)C(=S)S)C(=S)S. The predicted octanol–water partition coefficient (Wildman–Crippen LogP) is 12.4.